The van der Waals surface area contributed by atoms with Crippen molar-refractivity contribution in [2.75, 3.05) is 18.8 Å². The van der Waals surface area contributed by atoms with Crippen molar-refractivity contribution < 1.29 is 27.6 Å². The van der Waals surface area contributed by atoms with E-state index in [1.165, 1.54) is 0 Å². The van der Waals surface area contributed by atoms with Crippen molar-refractivity contribution in [3.63, 3.8) is 0 Å². The Labute approximate surface area is 124 Å². The highest BCUT2D eigenvalue weighted by Crippen LogP contribution is 2.32. The van der Waals surface area contributed by atoms with E-state index in [1.54, 1.807) is 0 Å². The van der Waals surface area contributed by atoms with E-state index in [2.05, 4.69) is 10.3 Å². The zero-order valence-corrected chi connectivity index (χ0v) is 11.9. The van der Waals surface area contributed by atoms with Gasteiger partial charge in [0, 0.05) is 13.1 Å². The minimum Gasteiger partial charge on any atom is -0.349 e. The van der Waals surface area contributed by atoms with Crippen LogP contribution in [0, 0.1) is 0 Å². The van der Waals surface area contributed by atoms with E-state index in [0.717, 1.165) is 22.2 Å². The van der Waals surface area contributed by atoms with E-state index in [0.29, 0.717) is 11.3 Å². The lowest BCUT2D eigenvalue weighted by atomic mass is 10.3. The van der Waals surface area contributed by atoms with Gasteiger partial charge in [-0.2, -0.15) is 13.2 Å². The number of carbonyl (C=O) groups is 3. The van der Waals surface area contributed by atoms with Crippen LogP contribution >= 0.6 is 23.1 Å². The van der Waals surface area contributed by atoms with Gasteiger partial charge < -0.3 is 5.32 Å². The van der Waals surface area contributed by atoms with Crippen LogP contribution in [0.4, 0.5) is 18.0 Å². The minimum absolute atomic E-state index is 0.0415. The number of hydrogen-bond donors (Lipinski definition) is 1. The summed E-state index contributed by atoms with van der Waals surface area (Å²) in [5, 5.41) is 1.81. The summed E-state index contributed by atoms with van der Waals surface area (Å²) in [7, 11) is 0. The summed E-state index contributed by atoms with van der Waals surface area (Å²) in [4.78, 5) is 37.8. The molecule has 1 aromatic heterocycles. The number of thiazole rings is 1. The molecule has 11 heteroatoms. The number of aromatic nitrogens is 1. The van der Waals surface area contributed by atoms with E-state index in [4.69, 9.17) is 0 Å². The number of amides is 3. The molecule has 114 valence electrons. The molecule has 0 radical (unpaired) electrons. The summed E-state index contributed by atoms with van der Waals surface area (Å²) >= 11 is 1.42. The maximum Gasteiger partial charge on any atom is 0.434 e. The van der Waals surface area contributed by atoms with Crippen LogP contribution in [0.5, 0.6) is 0 Å². The average molecular weight is 339 g/mol. The first-order chi connectivity index (χ1) is 9.80. The third-order valence-corrected chi connectivity index (χ3v) is 4.19. The van der Waals surface area contributed by atoms with Crippen LogP contribution in [0.3, 0.4) is 0 Å². The predicted molar refractivity (Wildman–Crippen MR) is 69.0 cm³/mol. The van der Waals surface area contributed by atoms with Crippen LogP contribution in [0.2, 0.25) is 0 Å². The first kappa shape index (κ1) is 15.8. The van der Waals surface area contributed by atoms with Gasteiger partial charge in [-0.3, -0.25) is 19.3 Å². The molecule has 1 fully saturated rings. The molecule has 0 atom stereocenters. The zero-order valence-electron chi connectivity index (χ0n) is 10.3. The molecule has 0 spiro atoms. The topological polar surface area (TPSA) is 79.4 Å². The largest absolute Gasteiger partial charge is 0.434 e. The van der Waals surface area contributed by atoms with Crippen LogP contribution in [0.15, 0.2) is 5.51 Å². The normalized spacial score (nSPS) is 15.7. The highest BCUT2D eigenvalue weighted by molar-refractivity contribution is 8.14. The monoisotopic (exact) mass is 339 g/mol. The second kappa shape index (κ2) is 6.02. The predicted octanol–water partition coefficient (Wildman–Crippen LogP) is 1.59. The fourth-order valence-corrected chi connectivity index (χ4v) is 3.04. The van der Waals surface area contributed by atoms with Gasteiger partial charge in [0.15, 0.2) is 5.69 Å². The number of alkyl halides is 3. The Morgan fingerprint density at radius 3 is 2.71 bits per heavy atom. The van der Waals surface area contributed by atoms with Crippen molar-refractivity contribution in [2.45, 2.75) is 6.18 Å². The summed E-state index contributed by atoms with van der Waals surface area (Å²) in [6, 6.07) is 0. The smallest absolute Gasteiger partial charge is 0.349 e. The third-order valence-electron chi connectivity index (χ3n) is 2.50. The molecule has 1 saturated heterocycles. The Morgan fingerprint density at radius 2 is 2.14 bits per heavy atom. The number of nitrogens with zero attached hydrogens (tertiary/aromatic N) is 2. The van der Waals surface area contributed by atoms with Gasteiger partial charge in [-0.25, -0.2) is 4.98 Å². The molecule has 0 bridgehead atoms. The summed E-state index contributed by atoms with van der Waals surface area (Å²) < 4.78 is 37.7. The van der Waals surface area contributed by atoms with Crippen molar-refractivity contribution in [3.05, 3.63) is 16.1 Å². The molecular formula is C10H8F3N3O3S2. The van der Waals surface area contributed by atoms with Gasteiger partial charge in [0.2, 0.25) is 5.91 Å². The second-order valence-electron chi connectivity index (χ2n) is 3.88. The maximum absolute atomic E-state index is 12.6. The lowest BCUT2D eigenvalue weighted by Crippen LogP contribution is -2.37. The highest BCUT2D eigenvalue weighted by Gasteiger charge is 2.38. The molecular weight excluding hydrogens is 331 g/mol. The lowest BCUT2D eigenvalue weighted by Gasteiger charge is -2.13. The molecule has 1 aliphatic rings. The van der Waals surface area contributed by atoms with Crippen LogP contribution < -0.4 is 5.32 Å². The molecule has 0 unspecified atom stereocenters. The van der Waals surface area contributed by atoms with Crippen LogP contribution in [0.1, 0.15) is 15.4 Å². The van der Waals surface area contributed by atoms with Crippen LogP contribution in [-0.2, 0) is 11.0 Å². The average Bonchev–Trinajstić information content (AvgIpc) is 2.99. The van der Waals surface area contributed by atoms with Gasteiger partial charge in [0.05, 0.1) is 11.3 Å². The molecule has 6 nitrogen and oxygen atoms in total. The van der Waals surface area contributed by atoms with E-state index < -0.39 is 27.9 Å². The number of rotatable bonds is 4. The van der Waals surface area contributed by atoms with Crippen LogP contribution in [0.25, 0.3) is 0 Å². The van der Waals surface area contributed by atoms with Gasteiger partial charge in [0.1, 0.15) is 4.88 Å². The van der Waals surface area contributed by atoms with Crippen molar-refractivity contribution in [2.24, 2.45) is 0 Å². The van der Waals surface area contributed by atoms with Crippen molar-refractivity contribution in [3.8, 4) is 0 Å². The van der Waals surface area contributed by atoms with Gasteiger partial charge in [0.25, 0.3) is 11.1 Å². The van der Waals surface area contributed by atoms with E-state index in [1.807, 2.05) is 0 Å². The fourth-order valence-electron chi connectivity index (χ4n) is 1.57. The SMILES string of the molecule is O=C(NCCN1C(=O)CSC1=O)c1scnc1C(F)(F)F. The van der Waals surface area contributed by atoms with E-state index >= 15 is 0 Å². The Morgan fingerprint density at radius 1 is 1.43 bits per heavy atom. The Balaban J connectivity index is 1.93. The third kappa shape index (κ3) is 3.53. The fraction of sp³-hybridized carbons (Fsp3) is 0.400. The zero-order chi connectivity index (χ0) is 15.6. The van der Waals surface area contributed by atoms with Gasteiger partial charge >= 0.3 is 6.18 Å². The quantitative estimate of drug-likeness (QED) is 0.901. The molecule has 2 rings (SSSR count). The highest BCUT2D eigenvalue weighted by atomic mass is 32.2. The lowest BCUT2D eigenvalue weighted by molar-refractivity contribution is -0.141. The standard InChI is InChI=1S/C10H8F3N3O3S2/c11-10(12,13)7-6(21-4-15-7)8(18)14-1-2-16-5(17)3-20-9(16)19/h4H,1-3H2,(H,14,18). The summed E-state index contributed by atoms with van der Waals surface area (Å²) in [5.41, 5.74) is -0.309. The Kier molecular flexibility index (Phi) is 4.52. The van der Waals surface area contributed by atoms with Gasteiger partial charge in [-0.15, -0.1) is 11.3 Å². The number of imide groups is 1. The molecule has 1 aliphatic heterocycles. The maximum atomic E-state index is 12.6. The van der Waals surface area contributed by atoms with Crippen LogP contribution in [-0.4, -0.2) is 45.8 Å². The number of thioether (sulfide) groups is 1. The first-order valence-corrected chi connectivity index (χ1v) is 7.43. The molecule has 0 aliphatic carbocycles. The van der Waals surface area contributed by atoms with Crippen molar-refractivity contribution >= 4 is 40.2 Å². The molecule has 1 N–H and O–H groups in total. The number of halogens is 3. The number of carbonyl (C=O) groups excluding carboxylic acids is 3. The molecule has 0 aromatic carbocycles. The van der Waals surface area contributed by atoms with Gasteiger partial charge in [-0.05, 0) is 0 Å². The van der Waals surface area contributed by atoms with E-state index in [-0.39, 0.29) is 24.7 Å². The Bertz CT molecular complexity index is 572. The second-order valence-corrected chi connectivity index (χ2v) is 5.67. The molecule has 3 amide bonds. The summed E-state index contributed by atoms with van der Waals surface area (Å²) in [6.07, 6.45) is -4.70. The Hall–Kier alpha value is -1.62. The molecule has 0 saturated carbocycles. The van der Waals surface area contributed by atoms with Gasteiger partial charge in [-0.1, -0.05) is 11.8 Å². The minimum atomic E-state index is -4.70. The molecule has 21 heavy (non-hydrogen) atoms. The van der Waals surface area contributed by atoms with Crippen molar-refractivity contribution in [1.29, 1.82) is 0 Å². The molecule has 1 aromatic rings. The number of nitrogens with one attached hydrogen (secondary N) is 1. The summed E-state index contributed by atoms with van der Waals surface area (Å²) in [5.74, 6) is -1.27. The summed E-state index contributed by atoms with van der Waals surface area (Å²) in [6.45, 7) is -0.192. The first-order valence-electron chi connectivity index (χ1n) is 5.56. The molecule has 2 heterocycles. The van der Waals surface area contributed by atoms with Crippen molar-refractivity contribution in [1.82, 2.24) is 15.2 Å². The van der Waals surface area contributed by atoms with E-state index in [9.17, 15) is 27.6 Å². The number of hydrogen-bond acceptors (Lipinski definition) is 6.